The van der Waals surface area contributed by atoms with E-state index in [-0.39, 0.29) is 5.91 Å². The SMILES string of the molecule is O=C(O)[C@@H]1Cc2ccccc2CN1C(=O)[C@@H]1CCCO1. The summed E-state index contributed by atoms with van der Waals surface area (Å²) in [7, 11) is 0. The van der Waals surface area contributed by atoms with Gasteiger partial charge in [0.15, 0.2) is 0 Å². The predicted molar refractivity (Wildman–Crippen MR) is 71.1 cm³/mol. The van der Waals surface area contributed by atoms with Crippen molar-refractivity contribution >= 4 is 11.9 Å². The van der Waals surface area contributed by atoms with E-state index in [1.807, 2.05) is 24.3 Å². The summed E-state index contributed by atoms with van der Waals surface area (Å²) in [4.78, 5) is 25.4. The number of nitrogens with zero attached hydrogens (tertiary/aromatic N) is 1. The Balaban J connectivity index is 1.88. The second-order valence-electron chi connectivity index (χ2n) is 5.29. The molecule has 2 aliphatic heterocycles. The highest BCUT2D eigenvalue weighted by Crippen LogP contribution is 2.26. The zero-order valence-corrected chi connectivity index (χ0v) is 11.1. The number of carbonyl (C=O) groups is 2. The van der Waals surface area contributed by atoms with E-state index in [0.717, 1.165) is 17.5 Å². The Morgan fingerprint density at radius 1 is 1.25 bits per heavy atom. The Morgan fingerprint density at radius 2 is 2.00 bits per heavy atom. The van der Waals surface area contributed by atoms with E-state index in [9.17, 15) is 14.7 Å². The molecule has 0 spiro atoms. The number of aliphatic carboxylic acids is 1. The van der Waals surface area contributed by atoms with Crippen molar-refractivity contribution in [1.29, 1.82) is 0 Å². The fraction of sp³-hybridized carbons (Fsp3) is 0.467. The molecule has 3 rings (SSSR count). The fourth-order valence-electron chi connectivity index (χ4n) is 2.93. The van der Waals surface area contributed by atoms with Crippen LogP contribution < -0.4 is 0 Å². The first-order chi connectivity index (χ1) is 9.66. The third-order valence-electron chi connectivity index (χ3n) is 4.02. The van der Waals surface area contributed by atoms with Gasteiger partial charge in [-0.25, -0.2) is 4.79 Å². The Labute approximate surface area is 117 Å². The smallest absolute Gasteiger partial charge is 0.326 e. The third kappa shape index (κ3) is 2.29. The highest BCUT2D eigenvalue weighted by molar-refractivity contribution is 5.87. The summed E-state index contributed by atoms with van der Waals surface area (Å²) in [6, 6.07) is 6.90. The quantitative estimate of drug-likeness (QED) is 0.880. The molecule has 5 nitrogen and oxygen atoms in total. The van der Waals surface area contributed by atoms with Gasteiger partial charge in [0.05, 0.1) is 0 Å². The standard InChI is InChI=1S/C15H17NO4/c17-14(13-6-3-7-20-13)16-9-11-5-2-1-4-10(11)8-12(16)15(18)19/h1-2,4-5,12-13H,3,6-9H2,(H,18,19)/t12-,13-/m0/s1. The van der Waals surface area contributed by atoms with Crippen molar-refractivity contribution in [3.63, 3.8) is 0 Å². The average Bonchev–Trinajstić information content (AvgIpc) is 2.99. The number of hydrogen-bond acceptors (Lipinski definition) is 3. The molecule has 5 heteroatoms. The molecule has 1 fully saturated rings. The number of hydrogen-bond donors (Lipinski definition) is 1. The summed E-state index contributed by atoms with van der Waals surface area (Å²) < 4.78 is 5.40. The lowest BCUT2D eigenvalue weighted by atomic mass is 9.93. The van der Waals surface area contributed by atoms with Gasteiger partial charge >= 0.3 is 5.97 Å². The van der Waals surface area contributed by atoms with Gasteiger partial charge < -0.3 is 14.7 Å². The van der Waals surface area contributed by atoms with E-state index in [0.29, 0.717) is 26.0 Å². The van der Waals surface area contributed by atoms with Crippen LogP contribution in [0.25, 0.3) is 0 Å². The molecule has 0 aliphatic carbocycles. The summed E-state index contributed by atoms with van der Waals surface area (Å²) in [5.41, 5.74) is 2.03. The number of carboxylic acids is 1. The second kappa shape index (κ2) is 5.25. The van der Waals surface area contributed by atoms with Crippen LogP contribution in [0, 0.1) is 0 Å². The predicted octanol–water partition coefficient (Wildman–Crippen LogP) is 1.20. The van der Waals surface area contributed by atoms with Crippen LogP contribution in [0.4, 0.5) is 0 Å². The molecular formula is C15H17NO4. The maximum absolute atomic E-state index is 12.5. The van der Waals surface area contributed by atoms with Gasteiger partial charge in [-0.1, -0.05) is 24.3 Å². The molecular weight excluding hydrogens is 258 g/mol. The summed E-state index contributed by atoms with van der Waals surface area (Å²) in [6.45, 7) is 0.935. The van der Waals surface area contributed by atoms with Crippen LogP contribution in [0.3, 0.4) is 0 Å². The number of ether oxygens (including phenoxy) is 1. The molecule has 0 unspecified atom stereocenters. The molecule has 1 aromatic rings. The van der Waals surface area contributed by atoms with E-state index in [4.69, 9.17) is 4.74 Å². The number of rotatable bonds is 2. The minimum atomic E-state index is -0.953. The van der Waals surface area contributed by atoms with Crippen molar-refractivity contribution in [3.05, 3.63) is 35.4 Å². The number of fused-ring (bicyclic) bond motifs is 1. The number of carboxylic acid groups (broad SMARTS) is 1. The molecule has 20 heavy (non-hydrogen) atoms. The van der Waals surface area contributed by atoms with Crippen LogP contribution >= 0.6 is 0 Å². The van der Waals surface area contributed by atoms with Crippen LogP contribution in [0.2, 0.25) is 0 Å². The van der Waals surface area contributed by atoms with E-state index >= 15 is 0 Å². The first kappa shape index (κ1) is 13.1. The van der Waals surface area contributed by atoms with E-state index in [2.05, 4.69) is 0 Å². The lowest BCUT2D eigenvalue weighted by Gasteiger charge is -2.35. The Morgan fingerprint density at radius 3 is 2.65 bits per heavy atom. The van der Waals surface area contributed by atoms with Gasteiger partial charge in [0.25, 0.3) is 5.91 Å². The second-order valence-corrected chi connectivity index (χ2v) is 5.29. The lowest BCUT2D eigenvalue weighted by Crippen LogP contribution is -2.51. The molecule has 106 valence electrons. The van der Waals surface area contributed by atoms with Crippen LogP contribution in [0.1, 0.15) is 24.0 Å². The first-order valence-corrected chi connectivity index (χ1v) is 6.88. The van der Waals surface area contributed by atoms with E-state index < -0.39 is 18.1 Å². The molecule has 1 saturated heterocycles. The Bertz CT molecular complexity index is 536. The first-order valence-electron chi connectivity index (χ1n) is 6.88. The maximum Gasteiger partial charge on any atom is 0.326 e. The molecule has 2 heterocycles. The van der Waals surface area contributed by atoms with Crippen molar-refractivity contribution in [2.45, 2.75) is 38.0 Å². The molecule has 0 bridgehead atoms. The summed E-state index contributed by atoms with van der Waals surface area (Å²) >= 11 is 0. The molecule has 0 saturated carbocycles. The van der Waals surface area contributed by atoms with Gasteiger partial charge in [-0.05, 0) is 24.0 Å². The van der Waals surface area contributed by atoms with Gasteiger partial charge in [-0.2, -0.15) is 0 Å². The van der Waals surface area contributed by atoms with E-state index in [1.54, 1.807) is 0 Å². The van der Waals surface area contributed by atoms with Crippen molar-refractivity contribution in [1.82, 2.24) is 4.90 Å². The topological polar surface area (TPSA) is 66.8 Å². The van der Waals surface area contributed by atoms with Crippen molar-refractivity contribution in [3.8, 4) is 0 Å². The summed E-state index contributed by atoms with van der Waals surface area (Å²) in [5.74, 6) is -1.14. The summed E-state index contributed by atoms with van der Waals surface area (Å²) in [6.07, 6.45) is 1.44. The minimum Gasteiger partial charge on any atom is -0.480 e. The van der Waals surface area contributed by atoms with Gasteiger partial charge in [0, 0.05) is 19.6 Å². The molecule has 2 atom stereocenters. The number of amides is 1. The molecule has 2 aliphatic rings. The molecule has 0 aromatic heterocycles. The molecule has 1 amide bonds. The minimum absolute atomic E-state index is 0.190. The van der Waals surface area contributed by atoms with E-state index in [1.165, 1.54) is 4.90 Å². The molecule has 1 aromatic carbocycles. The van der Waals surface area contributed by atoms with Gasteiger partial charge in [-0.15, -0.1) is 0 Å². The van der Waals surface area contributed by atoms with Gasteiger partial charge in [-0.3, -0.25) is 4.79 Å². The lowest BCUT2D eigenvalue weighted by molar-refractivity contribution is -0.156. The van der Waals surface area contributed by atoms with Gasteiger partial charge in [0.1, 0.15) is 12.1 Å². The third-order valence-corrected chi connectivity index (χ3v) is 4.02. The number of carbonyl (C=O) groups excluding carboxylic acids is 1. The van der Waals surface area contributed by atoms with Crippen molar-refractivity contribution in [2.24, 2.45) is 0 Å². The van der Waals surface area contributed by atoms with Crippen molar-refractivity contribution < 1.29 is 19.4 Å². The summed E-state index contributed by atoms with van der Waals surface area (Å²) in [5, 5.41) is 9.39. The Kier molecular flexibility index (Phi) is 3.44. The zero-order chi connectivity index (χ0) is 14.1. The highest BCUT2D eigenvalue weighted by atomic mass is 16.5. The van der Waals surface area contributed by atoms with Crippen LogP contribution in [0.15, 0.2) is 24.3 Å². The van der Waals surface area contributed by atoms with Crippen LogP contribution in [-0.4, -0.2) is 40.6 Å². The zero-order valence-electron chi connectivity index (χ0n) is 11.1. The monoisotopic (exact) mass is 275 g/mol. The Hall–Kier alpha value is -1.88. The average molecular weight is 275 g/mol. The van der Waals surface area contributed by atoms with Crippen molar-refractivity contribution in [2.75, 3.05) is 6.61 Å². The fourth-order valence-corrected chi connectivity index (χ4v) is 2.93. The largest absolute Gasteiger partial charge is 0.480 e. The molecule has 0 radical (unpaired) electrons. The maximum atomic E-state index is 12.5. The van der Waals surface area contributed by atoms with Crippen LogP contribution in [-0.2, 0) is 27.3 Å². The van der Waals surface area contributed by atoms with Crippen LogP contribution in [0.5, 0.6) is 0 Å². The number of benzene rings is 1. The molecule has 1 N–H and O–H groups in total. The van der Waals surface area contributed by atoms with Gasteiger partial charge in [0.2, 0.25) is 0 Å². The normalized spacial score (nSPS) is 25.3. The highest BCUT2D eigenvalue weighted by Gasteiger charge is 2.38.